The molecule has 1 aromatic carbocycles. The van der Waals surface area contributed by atoms with Crippen LogP contribution in [-0.2, 0) is 17.6 Å². The summed E-state index contributed by atoms with van der Waals surface area (Å²) in [5.74, 6) is 0. The Labute approximate surface area is 128 Å². The number of benzene rings is 1. The van der Waals surface area contributed by atoms with Crippen LogP contribution < -0.4 is 4.90 Å². The molecule has 0 saturated carbocycles. The number of amides is 1. The van der Waals surface area contributed by atoms with Crippen molar-refractivity contribution in [3.8, 4) is 0 Å². The summed E-state index contributed by atoms with van der Waals surface area (Å²) in [6.45, 7) is 6.91. The zero-order valence-electron chi connectivity index (χ0n) is 13.6. The highest BCUT2D eigenvalue weighted by Crippen LogP contribution is 2.28. The number of rotatable bonds is 7. The van der Waals surface area contributed by atoms with Gasteiger partial charge in [-0.15, -0.1) is 0 Å². The molecule has 0 heterocycles. The first-order chi connectivity index (χ1) is 10.2. The van der Waals surface area contributed by atoms with Gasteiger partial charge in [0, 0.05) is 18.8 Å². The number of hydrogen-bond donors (Lipinski definition) is 0. The Morgan fingerprint density at radius 3 is 2.52 bits per heavy atom. The molecule has 0 bridgehead atoms. The van der Waals surface area contributed by atoms with Crippen molar-refractivity contribution in [1.29, 1.82) is 0 Å². The highest BCUT2D eigenvalue weighted by Gasteiger charge is 2.23. The normalized spacial score (nSPS) is 17.6. The average molecular weight is 288 g/mol. The summed E-state index contributed by atoms with van der Waals surface area (Å²) in [5, 5.41) is 0. The Bertz CT molecular complexity index is 466. The molecule has 0 saturated heterocycles. The maximum absolute atomic E-state index is 10.9. The summed E-state index contributed by atoms with van der Waals surface area (Å²) >= 11 is 0. The molecule has 0 spiro atoms. The largest absolute Gasteiger partial charge is 0.318 e. The van der Waals surface area contributed by atoms with Gasteiger partial charge in [-0.2, -0.15) is 0 Å². The molecule has 0 N–H and O–H groups in total. The first kappa shape index (κ1) is 16.0. The fourth-order valence-corrected chi connectivity index (χ4v) is 3.37. The van der Waals surface area contributed by atoms with E-state index in [0.717, 1.165) is 24.9 Å². The third kappa shape index (κ3) is 3.85. The van der Waals surface area contributed by atoms with Crippen molar-refractivity contribution < 1.29 is 4.79 Å². The van der Waals surface area contributed by atoms with E-state index in [1.807, 2.05) is 7.05 Å². The second-order valence-corrected chi connectivity index (χ2v) is 6.10. The molecule has 3 nitrogen and oxygen atoms in total. The Balaban J connectivity index is 2.15. The van der Waals surface area contributed by atoms with Crippen molar-refractivity contribution in [2.24, 2.45) is 0 Å². The molecule has 0 fully saturated rings. The lowest BCUT2D eigenvalue weighted by molar-refractivity contribution is -0.107. The minimum absolute atomic E-state index is 0.661. The third-order valence-corrected chi connectivity index (χ3v) is 4.50. The molecule has 0 aliphatic heterocycles. The van der Waals surface area contributed by atoms with Crippen LogP contribution in [0.15, 0.2) is 18.2 Å². The summed E-state index contributed by atoms with van der Waals surface area (Å²) in [6.07, 6.45) is 6.86. The molecule has 1 amide bonds. The first-order valence-electron chi connectivity index (χ1n) is 8.23. The van der Waals surface area contributed by atoms with Gasteiger partial charge in [0.05, 0.1) is 0 Å². The SMILES string of the molecule is CCCN(CCC)C1CCc2ccc(N(C)C=O)cc2C1. The zero-order valence-corrected chi connectivity index (χ0v) is 13.6. The summed E-state index contributed by atoms with van der Waals surface area (Å²) in [6, 6.07) is 7.12. The van der Waals surface area contributed by atoms with Crippen molar-refractivity contribution in [1.82, 2.24) is 4.90 Å². The van der Waals surface area contributed by atoms with E-state index in [4.69, 9.17) is 0 Å². The second-order valence-electron chi connectivity index (χ2n) is 6.10. The van der Waals surface area contributed by atoms with E-state index in [2.05, 4.69) is 36.9 Å². The minimum atomic E-state index is 0.661. The molecule has 1 atom stereocenters. The van der Waals surface area contributed by atoms with E-state index < -0.39 is 0 Å². The molecule has 1 aliphatic carbocycles. The van der Waals surface area contributed by atoms with E-state index in [0.29, 0.717) is 6.04 Å². The second kappa shape index (κ2) is 7.60. The van der Waals surface area contributed by atoms with E-state index in [-0.39, 0.29) is 0 Å². The van der Waals surface area contributed by atoms with Crippen LogP contribution in [0.5, 0.6) is 0 Å². The Hall–Kier alpha value is -1.35. The number of fused-ring (bicyclic) bond motifs is 1. The van der Waals surface area contributed by atoms with Gasteiger partial charge in [0.2, 0.25) is 6.41 Å². The van der Waals surface area contributed by atoms with Crippen LogP contribution in [0.25, 0.3) is 0 Å². The lowest BCUT2D eigenvalue weighted by Gasteiger charge is -2.35. The third-order valence-electron chi connectivity index (χ3n) is 4.50. The zero-order chi connectivity index (χ0) is 15.2. The molecular formula is C18H28N2O. The predicted molar refractivity (Wildman–Crippen MR) is 88.9 cm³/mol. The van der Waals surface area contributed by atoms with Gasteiger partial charge >= 0.3 is 0 Å². The Kier molecular flexibility index (Phi) is 5.80. The molecule has 3 heteroatoms. The molecule has 21 heavy (non-hydrogen) atoms. The van der Waals surface area contributed by atoms with Crippen LogP contribution in [0.4, 0.5) is 5.69 Å². The smallest absolute Gasteiger partial charge is 0.213 e. The molecule has 1 aromatic rings. The van der Waals surface area contributed by atoms with Gasteiger partial charge < -0.3 is 9.80 Å². The van der Waals surface area contributed by atoms with Gasteiger partial charge in [-0.05, 0) is 68.5 Å². The highest BCUT2D eigenvalue weighted by atomic mass is 16.1. The number of carbonyl (C=O) groups is 1. The average Bonchev–Trinajstić information content (AvgIpc) is 2.52. The molecular weight excluding hydrogens is 260 g/mol. The van der Waals surface area contributed by atoms with Crippen molar-refractivity contribution in [3.05, 3.63) is 29.3 Å². The standard InChI is InChI=1S/C18H28N2O/c1-4-10-20(11-5-2)18-9-7-15-6-8-17(19(3)14-21)12-16(15)13-18/h6,8,12,14,18H,4-5,7,9-11,13H2,1-3H3. The van der Waals surface area contributed by atoms with Crippen molar-refractivity contribution in [2.45, 2.75) is 52.0 Å². The van der Waals surface area contributed by atoms with Crippen LogP contribution in [0.1, 0.15) is 44.2 Å². The molecule has 1 aliphatic rings. The fraction of sp³-hybridized carbons (Fsp3) is 0.611. The van der Waals surface area contributed by atoms with E-state index in [1.165, 1.54) is 43.5 Å². The monoisotopic (exact) mass is 288 g/mol. The minimum Gasteiger partial charge on any atom is -0.318 e. The van der Waals surface area contributed by atoms with Gasteiger partial charge in [-0.1, -0.05) is 19.9 Å². The van der Waals surface area contributed by atoms with E-state index >= 15 is 0 Å². The Morgan fingerprint density at radius 1 is 1.19 bits per heavy atom. The van der Waals surface area contributed by atoms with Gasteiger partial charge in [0.25, 0.3) is 0 Å². The Morgan fingerprint density at radius 2 is 1.90 bits per heavy atom. The van der Waals surface area contributed by atoms with Crippen LogP contribution in [0, 0.1) is 0 Å². The lowest BCUT2D eigenvalue weighted by Crippen LogP contribution is -2.40. The van der Waals surface area contributed by atoms with Crippen LogP contribution >= 0.6 is 0 Å². The van der Waals surface area contributed by atoms with E-state index in [9.17, 15) is 4.79 Å². The number of carbonyl (C=O) groups excluding carboxylic acids is 1. The van der Waals surface area contributed by atoms with Crippen molar-refractivity contribution in [2.75, 3.05) is 25.0 Å². The number of nitrogens with zero attached hydrogens (tertiary/aromatic N) is 2. The van der Waals surface area contributed by atoms with Crippen LogP contribution in [-0.4, -0.2) is 37.5 Å². The lowest BCUT2D eigenvalue weighted by atomic mass is 9.87. The number of aryl methyl sites for hydroxylation is 1. The van der Waals surface area contributed by atoms with Gasteiger partial charge in [-0.25, -0.2) is 0 Å². The summed E-state index contributed by atoms with van der Waals surface area (Å²) in [7, 11) is 1.81. The topological polar surface area (TPSA) is 23.6 Å². The van der Waals surface area contributed by atoms with Gasteiger partial charge in [0.15, 0.2) is 0 Å². The maximum atomic E-state index is 10.9. The van der Waals surface area contributed by atoms with Gasteiger partial charge in [-0.3, -0.25) is 4.79 Å². The maximum Gasteiger partial charge on any atom is 0.213 e. The number of anilines is 1. The highest BCUT2D eigenvalue weighted by molar-refractivity contribution is 5.74. The predicted octanol–water partition coefficient (Wildman–Crippen LogP) is 3.26. The molecule has 0 aromatic heterocycles. The molecule has 116 valence electrons. The summed E-state index contributed by atoms with van der Waals surface area (Å²) in [5.41, 5.74) is 3.89. The summed E-state index contributed by atoms with van der Waals surface area (Å²) < 4.78 is 0. The fourth-order valence-electron chi connectivity index (χ4n) is 3.37. The molecule has 0 radical (unpaired) electrons. The number of hydrogen-bond acceptors (Lipinski definition) is 2. The van der Waals surface area contributed by atoms with Crippen molar-refractivity contribution in [3.63, 3.8) is 0 Å². The van der Waals surface area contributed by atoms with Crippen LogP contribution in [0.3, 0.4) is 0 Å². The van der Waals surface area contributed by atoms with Crippen LogP contribution in [0.2, 0.25) is 0 Å². The first-order valence-corrected chi connectivity index (χ1v) is 8.23. The van der Waals surface area contributed by atoms with E-state index in [1.54, 1.807) is 4.90 Å². The molecule has 1 unspecified atom stereocenters. The van der Waals surface area contributed by atoms with Gasteiger partial charge in [0.1, 0.15) is 0 Å². The quantitative estimate of drug-likeness (QED) is 0.719. The van der Waals surface area contributed by atoms with Crippen molar-refractivity contribution >= 4 is 12.1 Å². The molecule has 2 rings (SSSR count). The summed E-state index contributed by atoms with van der Waals surface area (Å²) in [4.78, 5) is 15.2.